The molecule has 1 aliphatic heterocycles. The van der Waals surface area contributed by atoms with Crippen LogP contribution in [0, 0.1) is 0 Å². The second kappa shape index (κ2) is 7.48. The molecule has 8 heteroatoms. The standard InChI is InChI=1S/C16H22Cl2N2O3S/c17-12-5-6-13(18)16(11-12)24(22,23)20-9-7-19(8-10-20)14-3-1-2-4-15(14)21/h5-6,11,14-15,21H,1-4,7-10H2. The van der Waals surface area contributed by atoms with Gasteiger partial charge in [0.25, 0.3) is 0 Å². The molecule has 134 valence electrons. The lowest BCUT2D eigenvalue weighted by Crippen LogP contribution is -2.55. The topological polar surface area (TPSA) is 60.9 Å². The van der Waals surface area contributed by atoms with Crippen LogP contribution in [0.4, 0.5) is 0 Å². The molecule has 0 spiro atoms. The zero-order chi connectivity index (χ0) is 17.3. The molecule has 1 aromatic rings. The van der Waals surface area contributed by atoms with Crippen molar-refractivity contribution in [3.63, 3.8) is 0 Å². The van der Waals surface area contributed by atoms with Gasteiger partial charge in [0.1, 0.15) is 4.90 Å². The normalized spacial score (nSPS) is 27.3. The van der Waals surface area contributed by atoms with Gasteiger partial charge in [-0.25, -0.2) is 8.42 Å². The molecular formula is C16H22Cl2N2O3S. The molecular weight excluding hydrogens is 371 g/mol. The van der Waals surface area contributed by atoms with E-state index < -0.39 is 10.0 Å². The smallest absolute Gasteiger partial charge is 0.244 e. The Hall–Kier alpha value is -0.370. The fraction of sp³-hybridized carbons (Fsp3) is 0.625. The number of aliphatic hydroxyl groups is 1. The minimum absolute atomic E-state index is 0.0582. The number of rotatable bonds is 3. The van der Waals surface area contributed by atoms with E-state index in [0.29, 0.717) is 31.2 Å². The first-order chi connectivity index (χ1) is 11.4. The molecule has 1 N–H and O–H groups in total. The SMILES string of the molecule is O=S(=O)(c1cc(Cl)ccc1Cl)N1CCN(C2CCCCC2O)CC1. The minimum Gasteiger partial charge on any atom is -0.391 e. The van der Waals surface area contributed by atoms with Crippen LogP contribution < -0.4 is 0 Å². The van der Waals surface area contributed by atoms with Crippen molar-refractivity contribution in [1.29, 1.82) is 0 Å². The highest BCUT2D eigenvalue weighted by molar-refractivity contribution is 7.89. The Labute approximate surface area is 153 Å². The molecule has 1 saturated carbocycles. The molecule has 1 heterocycles. The molecule has 1 saturated heterocycles. The second-order valence-corrected chi connectivity index (χ2v) is 9.18. The molecule has 2 aliphatic rings. The van der Waals surface area contributed by atoms with Crippen molar-refractivity contribution in [3.8, 4) is 0 Å². The Balaban J connectivity index is 1.70. The number of sulfonamides is 1. The van der Waals surface area contributed by atoms with E-state index in [1.165, 1.54) is 16.4 Å². The maximum Gasteiger partial charge on any atom is 0.244 e. The number of benzene rings is 1. The van der Waals surface area contributed by atoms with Gasteiger partial charge < -0.3 is 5.11 Å². The molecule has 3 rings (SSSR count). The van der Waals surface area contributed by atoms with Gasteiger partial charge in [0.2, 0.25) is 10.0 Å². The largest absolute Gasteiger partial charge is 0.391 e. The van der Waals surface area contributed by atoms with Crippen LogP contribution in [0.5, 0.6) is 0 Å². The highest BCUT2D eigenvalue weighted by Gasteiger charge is 2.35. The molecule has 1 aliphatic carbocycles. The first-order valence-corrected chi connectivity index (χ1v) is 10.5. The fourth-order valence-corrected chi connectivity index (χ4v) is 5.77. The third kappa shape index (κ3) is 3.74. The van der Waals surface area contributed by atoms with Crippen molar-refractivity contribution in [2.75, 3.05) is 26.2 Å². The minimum atomic E-state index is -3.66. The third-order valence-electron chi connectivity index (χ3n) is 4.95. The van der Waals surface area contributed by atoms with Gasteiger partial charge in [-0.1, -0.05) is 36.0 Å². The summed E-state index contributed by atoms with van der Waals surface area (Å²) in [5, 5.41) is 10.7. The van der Waals surface area contributed by atoms with E-state index in [1.807, 2.05) is 0 Å². The molecule has 24 heavy (non-hydrogen) atoms. The summed E-state index contributed by atoms with van der Waals surface area (Å²) in [7, 11) is -3.66. The van der Waals surface area contributed by atoms with E-state index in [-0.39, 0.29) is 22.1 Å². The Morgan fingerprint density at radius 2 is 1.71 bits per heavy atom. The summed E-state index contributed by atoms with van der Waals surface area (Å²) in [5.41, 5.74) is 0. The van der Waals surface area contributed by atoms with E-state index in [9.17, 15) is 13.5 Å². The quantitative estimate of drug-likeness (QED) is 0.858. The molecule has 0 radical (unpaired) electrons. The van der Waals surface area contributed by atoms with Crippen LogP contribution in [-0.2, 0) is 10.0 Å². The Bertz CT molecular complexity index is 691. The summed E-state index contributed by atoms with van der Waals surface area (Å²) in [4.78, 5) is 2.28. The van der Waals surface area contributed by atoms with Crippen LogP contribution in [0.2, 0.25) is 10.0 Å². The van der Waals surface area contributed by atoms with Crippen molar-refractivity contribution in [3.05, 3.63) is 28.2 Å². The molecule has 2 atom stereocenters. The van der Waals surface area contributed by atoms with E-state index in [4.69, 9.17) is 23.2 Å². The first kappa shape index (κ1) is 18.4. The molecule has 0 amide bonds. The predicted molar refractivity (Wildman–Crippen MR) is 95.1 cm³/mol. The fourth-order valence-electron chi connectivity index (χ4n) is 3.61. The molecule has 1 aromatic carbocycles. The summed E-state index contributed by atoms with van der Waals surface area (Å²) in [5.74, 6) is 0. The summed E-state index contributed by atoms with van der Waals surface area (Å²) >= 11 is 12.0. The van der Waals surface area contributed by atoms with Gasteiger partial charge in [-0.3, -0.25) is 4.90 Å². The number of aliphatic hydroxyl groups excluding tert-OH is 1. The Morgan fingerprint density at radius 1 is 1.04 bits per heavy atom. The number of halogens is 2. The number of nitrogens with zero attached hydrogens (tertiary/aromatic N) is 2. The number of hydrogen-bond acceptors (Lipinski definition) is 4. The van der Waals surface area contributed by atoms with Crippen molar-refractivity contribution >= 4 is 33.2 Å². The number of hydrogen-bond donors (Lipinski definition) is 1. The highest BCUT2D eigenvalue weighted by Crippen LogP contribution is 2.29. The predicted octanol–water partition coefficient (Wildman–Crippen LogP) is 2.60. The molecule has 0 bridgehead atoms. The van der Waals surface area contributed by atoms with Gasteiger partial charge in [0.15, 0.2) is 0 Å². The van der Waals surface area contributed by atoms with E-state index in [2.05, 4.69) is 4.90 Å². The van der Waals surface area contributed by atoms with Crippen molar-refractivity contribution in [2.24, 2.45) is 0 Å². The zero-order valence-corrected chi connectivity index (χ0v) is 15.7. The lowest BCUT2D eigenvalue weighted by molar-refractivity contribution is 0.00640. The Morgan fingerprint density at radius 3 is 2.38 bits per heavy atom. The van der Waals surface area contributed by atoms with Gasteiger partial charge in [0.05, 0.1) is 11.1 Å². The van der Waals surface area contributed by atoms with Crippen molar-refractivity contribution < 1.29 is 13.5 Å². The summed E-state index contributed by atoms with van der Waals surface area (Å²) in [6, 6.07) is 4.63. The Kier molecular flexibility index (Phi) is 5.74. The van der Waals surface area contributed by atoms with Crippen molar-refractivity contribution in [2.45, 2.75) is 42.7 Å². The van der Waals surface area contributed by atoms with Crippen molar-refractivity contribution in [1.82, 2.24) is 9.21 Å². The van der Waals surface area contributed by atoms with E-state index in [1.54, 1.807) is 6.07 Å². The summed E-state index contributed by atoms with van der Waals surface area (Å²) in [6.07, 6.45) is 3.71. The van der Waals surface area contributed by atoms with Gasteiger partial charge >= 0.3 is 0 Å². The van der Waals surface area contributed by atoms with E-state index >= 15 is 0 Å². The molecule has 2 unspecified atom stereocenters. The maximum absolute atomic E-state index is 12.8. The lowest BCUT2D eigenvalue weighted by Gasteiger charge is -2.42. The summed E-state index contributed by atoms with van der Waals surface area (Å²) in [6.45, 7) is 2.04. The molecule has 2 fully saturated rings. The zero-order valence-electron chi connectivity index (χ0n) is 13.4. The average molecular weight is 393 g/mol. The monoisotopic (exact) mass is 392 g/mol. The van der Waals surface area contributed by atoms with Gasteiger partial charge in [-0.05, 0) is 31.0 Å². The van der Waals surface area contributed by atoms with Gasteiger partial charge in [-0.15, -0.1) is 0 Å². The van der Waals surface area contributed by atoms with Crippen LogP contribution >= 0.6 is 23.2 Å². The van der Waals surface area contributed by atoms with Crippen LogP contribution in [0.1, 0.15) is 25.7 Å². The first-order valence-electron chi connectivity index (χ1n) is 8.27. The summed E-state index contributed by atoms with van der Waals surface area (Å²) < 4.78 is 27.1. The van der Waals surface area contributed by atoms with Gasteiger partial charge in [-0.2, -0.15) is 4.31 Å². The number of piperazine rings is 1. The second-order valence-electron chi connectivity index (χ2n) is 6.43. The molecule has 0 aromatic heterocycles. The van der Waals surface area contributed by atoms with Crippen LogP contribution in [0.3, 0.4) is 0 Å². The molecule has 5 nitrogen and oxygen atoms in total. The van der Waals surface area contributed by atoms with E-state index in [0.717, 1.165) is 25.7 Å². The van der Waals surface area contributed by atoms with Gasteiger partial charge in [0, 0.05) is 37.2 Å². The average Bonchev–Trinajstić information content (AvgIpc) is 2.57. The lowest BCUT2D eigenvalue weighted by atomic mass is 9.91. The third-order valence-corrected chi connectivity index (χ3v) is 7.56. The highest BCUT2D eigenvalue weighted by atomic mass is 35.5. The van der Waals surface area contributed by atoms with Crippen LogP contribution in [-0.4, -0.2) is 61.1 Å². The van der Waals surface area contributed by atoms with Crippen LogP contribution in [0.15, 0.2) is 23.1 Å². The van der Waals surface area contributed by atoms with Crippen LogP contribution in [0.25, 0.3) is 0 Å². The maximum atomic E-state index is 12.8.